The van der Waals surface area contributed by atoms with E-state index in [4.69, 9.17) is 35.3 Å². The molecule has 1 aliphatic heterocycles. The van der Waals surface area contributed by atoms with Gasteiger partial charge in [0.1, 0.15) is 29.5 Å². The lowest BCUT2D eigenvalue weighted by molar-refractivity contribution is -0.151. The van der Waals surface area contributed by atoms with E-state index in [9.17, 15) is 9.59 Å². The number of nitrogens with zero attached hydrogens (tertiary/aromatic N) is 1. The highest BCUT2D eigenvalue weighted by atomic mass is 79.9. The normalized spacial score (nSPS) is 16.6. The van der Waals surface area contributed by atoms with Crippen molar-refractivity contribution >= 4 is 45.1 Å². The van der Waals surface area contributed by atoms with Crippen LogP contribution < -0.4 is 19.1 Å². The molecule has 1 aliphatic rings. The van der Waals surface area contributed by atoms with Gasteiger partial charge in [-0.05, 0) is 66.2 Å². The first-order valence-corrected chi connectivity index (χ1v) is 14.0. The molecule has 4 rings (SSSR count). The number of hydrogen-bond acceptors (Lipinski definition) is 7. The van der Waals surface area contributed by atoms with Crippen LogP contribution in [-0.2, 0) is 25.6 Å². The lowest BCUT2D eigenvalue weighted by atomic mass is 9.98. The van der Waals surface area contributed by atoms with Crippen molar-refractivity contribution in [2.24, 2.45) is 0 Å². The smallest absolute Gasteiger partial charge is 0.308 e. The van der Waals surface area contributed by atoms with Gasteiger partial charge in [-0.25, -0.2) is 0 Å². The Morgan fingerprint density at radius 2 is 1.80 bits per heavy atom. The minimum Gasteiger partial charge on any atom is -0.497 e. The summed E-state index contributed by atoms with van der Waals surface area (Å²) in [5.41, 5.74) is 2.72. The Morgan fingerprint density at radius 1 is 1.00 bits per heavy atom. The van der Waals surface area contributed by atoms with Crippen LogP contribution in [0.25, 0.3) is 0 Å². The SMILES string of the molecule is CCOC(=O)C[C@H]1O[C@H](c2cccc(OCC)c2Br)c2cc(Cl)ccc2N(Cc2ccc(OC)cc2OC)C1=O. The Hall–Kier alpha value is -3.27. The van der Waals surface area contributed by atoms with Crippen molar-refractivity contribution in [3.63, 3.8) is 0 Å². The van der Waals surface area contributed by atoms with Crippen molar-refractivity contribution in [1.29, 1.82) is 0 Å². The third-order valence-electron chi connectivity index (χ3n) is 6.46. The molecule has 0 saturated heterocycles. The zero-order chi connectivity index (χ0) is 28.8. The molecule has 8 nitrogen and oxygen atoms in total. The number of hydrogen-bond donors (Lipinski definition) is 0. The lowest BCUT2D eigenvalue weighted by Crippen LogP contribution is -2.40. The number of rotatable bonds is 10. The van der Waals surface area contributed by atoms with Gasteiger partial charge in [0.2, 0.25) is 0 Å². The number of ether oxygens (including phenoxy) is 5. The maximum absolute atomic E-state index is 14.1. The maximum atomic E-state index is 14.1. The summed E-state index contributed by atoms with van der Waals surface area (Å²) in [7, 11) is 3.13. The highest BCUT2D eigenvalue weighted by molar-refractivity contribution is 9.10. The van der Waals surface area contributed by atoms with E-state index in [1.54, 1.807) is 56.4 Å². The van der Waals surface area contributed by atoms with E-state index < -0.39 is 24.1 Å². The van der Waals surface area contributed by atoms with Gasteiger partial charge in [-0.1, -0.05) is 23.7 Å². The van der Waals surface area contributed by atoms with E-state index in [0.717, 1.165) is 11.1 Å². The number of esters is 1. The molecule has 1 heterocycles. The molecule has 3 aromatic carbocycles. The Labute approximate surface area is 247 Å². The molecular weight excluding hydrogens is 602 g/mol. The van der Waals surface area contributed by atoms with Gasteiger partial charge in [0.05, 0.1) is 50.6 Å². The zero-order valence-electron chi connectivity index (χ0n) is 22.7. The summed E-state index contributed by atoms with van der Waals surface area (Å²) >= 11 is 10.2. The van der Waals surface area contributed by atoms with E-state index in [0.29, 0.717) is 44.6 Å². The number of fused-ring (bicyclic) bond motifs is 1. The van der Waals surface area contributed by atoms with Crippen LogP contribution in [0.15, 0.2) is 59.1 Å². The van der Waals surface area contributed by atoms with Crippen LogP contribution in [0.4, 0.5) is 5.69 Å². The van der Waals surface area contributed by atoms with Crippen LogP contribution in [0.5, 0.6) is 17.2 Å². The van der Waals surface area contributed by atoms with Gasteiger partial charge < -0.3 is 28.6 Å². The molecule has 2 atom stereocenters. The summed E-state index contributed by atoms with van der Waals surface area (Å²) in [6, 6.07) is 16.3. The summed E-state index contributed by atoms with van der Waals surface area (Å²) in [5, 5.41) is 0.475. The second kappa shape index (κ2) is 13.4. The fourth-order valence-electron chi connectivity index (χ4n) is 4.63. The van der Waals surface area contributed by atoms with Gasteiger partial charge >= 0.3 is 5.97 Å². The molecule has 0 aromatic heterocycles. The van der Waals surface area contributed by atoms with Crippen molar-refractivity contribution in [1.82, 2.24) is 0 Å². The van der Waals surface area contributed by atoms with Gasteiger partial charge in [0.15, 0.2) is 0 Å². The Balaban J connectivity index is 1.88. The van der Waals surface area contributed by atoms with Crippen LogP contribution in [0, 0.1) is 0 Å². The van der Waals surface area contributed by atoms with Crippen molar-refractivity contribution in [2.45, 2.75) is 39.0 Å². The number of amides is 1. The third kappa shape index (κ3) is 6.37. The molecule has 0 spiro atoms. The largest absolute Gasteiger partial charge is 0.497 e. The molecule has 212 valence electrons. The average Bonchev–Trinajstić information content (AvgIpc) is 3.05. The summed E-state index contributed by atoms with van der Waals surface area (Å²) < 4.78 is 29.1. The van der Waals surface area contributed by atoms with Crippen molar-refractivity contribution in [2.75, 3.05) is 32.3 Å². The van der Waals surface area contributed by atoms with Gasteiger partial charge in [-0.3, -0.25) is 9.59 Å². The van der Waals surface area contributed by atoms with Gasteiger partial charge in [-0.2, -0.15) is 0 Å². The van der Waals surface area contributed by atoms with Crippen LogP contribution in [-0.4, -0.2) is 45.4 Å². The van der Waals surface area contributed by atoms with Crippen LogP contribution >= 0.6 is 27.5 Å². The second-order valence-electron chi connectivity index (χ2n) is 8.91. The Morgan fingerprint density at radius 3 is 2.50 bits per heavy atom. The number of halogens is 2. The lowest BCUT2D eigenvalue weighted by Gasteiger charge is -2.26. The number of carbonyl (C=O) groups excluding carboxylic acids is 2. The Kier molecular flexibility index (Phi) is 9.95. The fraction of sp³-hybridized carbons (Fsp3) is 0.333. The molecule has 0 N–H and O–H groups in total. The molecule has 0 fully saturated rings. The van der Waals surface area contributed by atoms with Crippen molar-refractivity contribution in [3.8, 4) is 17.2 Å². The molecule has 40 heavy (non-hydrogen) atoms. The van der Waals surface area contributed by atoms with Crippen molar-refractivity contribution < 1.29 is 33.3 Å². The molecule has 3 aromatic rings. The highest BCUT2D eigenvalue weighted by Crippen LogP contribution is 2.44. The first-order chi connectivity index (χ1) is 19.3. The molecular formula is C30H31BrClNO7. The second-order valence-corrected chi connectivity index (χ2v) is 10.1. The van der Waals surface area contributed by atoms with E-state index in [1.165, 1.54) is 0 Å². The molecule has 0 unspecified atom stereocenters. The first-order valence-electron chi connectivity index (χ1n) is 12.8. The monoisotopic (exact) mass is 631 g/mol. The third-order valence-corrected chi connectivity index (χ3v) is 7.54. The molecule has 0 saturated carbocycles. The molecule has 1 amide bonds. The highest BCUT2D eigenvalue weighted by Gasteiger charge is 2.39. The van der Waals surface area contributed by atoms with E-state index in [2.05, 4.69) is 15.9 Å². The topological polar surface area (TPSA) is 83.5 Å². The van der Waals surface area contributed by atoms with E-state index in [-0.39, 0.29) is 19.6 Å². The predicted octanol–water partition coefficient (Wildman–Crippen LogP) is 6.49. The summed E-state index contributed by atoms with van der Waals surface area (Å²) in [6.45, 7) is 4.42. The molecule has 0 radical (unpaired) electrons. The number of carbonyl (C=O) groups is 2. The van der Waals surface area contributed by atoms with E-state index in [1.807, 2.05) is 31.2 Å². The quantitative estimate of drug-likeness (QED) is 0.236. The summed E-state index contributed by atoms with van der Waals surface area (Å²) in [6.07, 6.45) is -2.15. The molecule has 0 aliphatic carbocycles. The minimum atomic E-state index is -1.14. The van der Waals surface area contributed by atoms with Crippen LogP contribution in [0.3, 0.4) is 0 Å². The van der Waals surface area contributed by atoms with Gasteiger partial charge in [-0.15, -0.1) is 0 Å². The average molecular weight is 633 g/mol. The summed E-state index contributed by atoms with van der Waals surface area (Å²) in [4.78, 5) is 28.4. The van der Waals surface area contributed by atoms with Gasteiger partial charge in [0, 0.05) is 27.8 Å². The fourth-order valence-corrected chi connectivity index (χ4v) is 5.40. The molecule has 0 bridgehead atoms. The molecule has 10 heteroatoms. The minimum absolute atomic E-state index is 0.149. The first kappa shape index (κ1) is 29.7. The van der Waals surface area contributed by atoms with E-state index >= 15 is 0 Å². The van der Waals surface area contributed by atoms with Crippen LogP contribution in [0.2, 0.25) is 5.02 Å². The van der Waals surface area contributed by atoms with Gasteiger partial charge in [0.25, 0.3) is 5.91 Å². The zero-order valence-corrected chi connectivity index (χ0v) is 25.1. The number of benzene rings is 3. The maximum Gasteiger partial charge on any atom is 0.308 e. The Bertz CT molecular complexity index is 1380. The van der Waals surface area contributed by atoms with Crippen LogP contribution in [0.1, 0.15) is 43.1 Å². The number of anilines is 1. The standard InChI is InChI=1S/C30H31BrClNO7/c1-5-38-24-9-7-8-21(28(24)31)29-22-14-19(32)11-13-23(22)33(30(35)26(40-29)16-27(34)39-6-2)17-18-10-12-20(36-3)15-25(18)37-4/h7-15,26,29H,5-6,16-17H2,1-4H3/t26-,29-/m1/s1. The summed E-state index contributed by atoms with van der Waals surface area (Å²) in [5.74, 6) is 0.877. The number of methoxy groups -OCH3 is 2. The van der Waals surface area contributed by atoms with Crippen molar-refractivity contribution in [3.05, 3.63) is 80.8 Å². The predicted molar refractivity (Wildman–Crippen MR) is 155 cm³/mol.